The van der Waals surface area contributed by atoms with E-state index in [1.807, 2.05) is 13.8 Å². The van der Waals surface area contributed by atoms with Crippen LogP contribution < -0.4 is 0 Å². The molecule has 0 unspecified atom stereocenters. The third-order valence-electron chi connectivity index (χ3n) is 3.04. The molecule has 0 bridgehead atoms. The fourth-order valence-electron chi connectivity index (χ4n) is 1.75. The Kier molecular flexibility index (Phi) is 11.4. The van der Waals surface area contributed by atoms with Crippen LogP contribution in [0.4, 0.5) is 0 Å². The number of hydrogen-bond acceptors (Lipinski definition) is 5. The van der Waals surface area contributed by atoms with Crippen LogP contribution in [0.3, 0.4) is 0 Å². The predicted octanol–water partition coefficient (Wildman–Crippen LogP) is 5.44. The van der Waals surface area contributed by atoms with Crippen LogP contribution in [-0.2, 0) is 0 Å². The fourth-order valence-corrected chi connectivity index (χ4v) is 2.18. The number of carbonyl (C=O) groups is 4. The van der Waals surface area contributed by atoms with Gasteiger partial charge in [-0.25, -0.2) is 0 Å². The molecule has 0 atom stereocenters. The lowest BCUT2D eigenvalue weighted by molar-refractivity contribution is 0.101. The minimum atomic E-state index is -0.606. The molecule has 0 aliphatic heterocycles. The maximum absolute atomic E-state index is 10.8. The molecule has 1 aromatic carbocycles. The molecule has 0 saturated carbocycles. The van der Waals surface area contributed by atoms with Crippen molar-refractivity contribution in [2.45, 2.75) is 27.7 Å². The molecule has 1 heterocycles. The lowest BCUT2D eigenvalue weighted by atomic mass is 10.1. The second-order valence-corrected chi connectivity index (χ2v) is 5.90. The lowest BCUT2D eigenvalue weighted by Gasteiger charge is -2.01. The van der Waals surface area contributed by atoms with Crippen molar-refractivity contribution in [3.8, 4) is 0 Å². The normalized spacial score (nSPS) is 9.15. The quantitative estimate of drug-likeness (QED) is 0.476. The molecule has 0 saturated heterocycles. The van der Waals surface area contributed by atoms with Crippen molar-refractivity contribution in [1.29, 1.82) is 0 Å². The van der Waals surface area contributed by atoms with Gasteiger partial charge in [0.05, 0.1) is 5.56 Å². The summed E-state index contributed by atoms with van der Waals surface area (Å²) in [4.78, 5) is 46.7. The van der Waals surface area contributed by atoms with Gasteiger partial charge in [-0.3, -0.25) is 24.2 Å². The number of ketones is 1. The molecule has 0 N–H and O–H groups in total. The van der Waals surface area contributed by atoms with Gasteiger partial charge in [0.2, 0.25) is 0 Å². The number of Topliss-reactive ketones (excluding diaryl/α,β-unsaturated/α-hetero) is 1. The van der Waals surface area contributed by atoms with Gasteiger partial charge in [-0.1, -0.05) is 13.8 Å². The molecule has 0 aliphatic carbocycles. The SMILES string of the molecule is CC.CC(=O)c1cncc(C(=O)Cl)c1.Cc1cc(C(=O)Cl)ccc1C(=O)Cl. The summed E-state index contributed by atoms with van der Waals surface area (Å²) in [6.07, 6.45) is 2.72. The standard InChI is InChI=1S/C9H6Cl2O2.C8H6ClNO2.C2H6/c1-5-4-6(8(10)12)2-3-7(5)9(11)13;1-5(11)6-2-7(8(9)12)4-10-3-6;1-2/h2-4H,1H3;2-4H,1H3;1-2H3. The molecule has 1 aromatic heterocycles. The smallest absolute Gasteiger partial charge is 0.253 e. The Hall–Kier alpha value is -2.08. The zero-order valence-electron chi connectivity index (χ0n) is 15.2. The van der Waals surface area contributed by atoms with Crippen LogP contribution in [0.5, 0.6) is 0 Å². The first kappa shape index (κ1) is 24.9. The van der Waals surface area contributed by atoms with E-state index >= 15 is 0 Å². The Morgan fingerprint density at radius 1 is 0.778 bits per heavy atom. The molecule has 8 heteroatoms. The second kappa shape index (κ2) is 12.3. The summed E-state index contributed by atoms with van der Waals surface area (Å²) in [5.74, 6) is -0.137. The van der Waals surface area contributed by atoms with Gasteiger partial charge in [0.15, 0.2) is 5.78 Å². The van der Waals surface area contributed by atoms with Crippen LogP contribution in [0.25, 0.3) is 0 Å². The average molecular weight is 431 g/mol. The van der Waals surface area contributed by atoms with Crippen molar-refractivity contribution in [3.63, 3.8) is 0 Å². The highest BCUT2D eigenvalue weighted by molar-refractivity contribution is 6.68. The molecule has 27 heavy (non-hydrogen) atoms. The van der Waals surface area contributed by atoms with E-state index in [2.05, 4.69) is 4.98 Å². The van der Waals surface area contributed by atoms with E-state index < -0.39 is 15.7 Å². The van der Waals surface area contributed by atoms with Gasteiger partial charge < -0.3 is 0 Å². The van der Waals surface area contributed by atoms with Crippen molar-refractivity contribution in [2.24, 2.45) is 0 Å². The van der Waals surface area contributed by atoms with Crippen LogP contribution in [0, 0.1) is 6.92 Å². The van der Waals surface area contributed by atoms with E-state index in [9.17, 15) is 19.2 Å². The maximum Gasteiger partial charge on any atom is 0.253 e. The van der Waals surface area contributed by atoms with E-state index in [-0.39, 0.29) is 11.3 Å². The largest absolute Gasteiger partial charge is 0.294 e. The van der Waals surface area contributed by atoms with Crippen LogP contribution >= 0.6 is 34.8 Å². The number of rotatable bonds is 4. The number of pyridine rings is 1. The molecule has 0 fully saturated rings. The summed E-state index contributed by atoms with van der Waals surface area (Å²) in [5.41, 5.74) is 2.03. The molecule has 144 valence electrons. The fraction of sp³-hybridized carbons (Fsp3) is 0.211. The van der Waals surface area contributed by atoms with Crippen molar-refractivity contribution in [1.82, 2.24) is 4.98 Å². The summed E-state index contributed by atoms with van der Waals surface area (Å²) in [6.45, 7) is 7.10. The Morgan fingerprint density at radius 3 is 1.70 bits per heavy atom. The number of carbonyl (C=O) groups excluding carboxylic acids is 4. The van der Waals surface area contributed by atoms with Gasteiger partial charge in [-0.2, -0.15) is 0 Å². The Labute approximate surface area is 172 Å². The van der Waals surface area contributed by atoms with Gasteiger partial charge in [0.25, 0.3) is 15.7 Å². The summed E-state index contributed by atoms with van der Waals surface area (Å²) >= 11 is 15.7. The minimum absolute atomic E-state index is 0.137. The van der Waals surface area contributed by atoms with Gasteiger partial charge in [-0.05, 0) is 78.5 Å². The van der Waals surface area contributed by atoms with Gasteiger partial charge >= 0.3 is 0 Å². The maximum atomic E-state index is 10.8. The monoisotopic (exact) mass is 429 g/mol. The molecule has 2 aromatic rings. The number of aromatic nitrogens is 1. The third kappa shape index (κ3) is 8.43. The lowest BCUT2D eigenvalue weighted by Crippen LogP contribution is -1.97. The predicted molar refractivity (Wildman–Crippen MR) is 107 cm³/mol. The van der Waals surface area contributed by atoms with Gasteiger partial charge in [0, 0.05) is 29.1 Å². The van der Waals surface area contributed by atoms with Crippen LogP contribution in [-0.4, -0.2) is 26.5 Å². The zero-order chi connectivity index (χ0) is 21.1. The van der Waals surface area contributed by atoms with E-state index in [0.29, 0.717) is 22.3 Å². The Bertz CT molecular complexity index is 821. The Morgan fingerprint density at radius 2 is 1.30 bits per heavy atom. The molecule has 0 aliphatic rings. The van der Waals surface area contributed by atoms with Crippen LogP contribution in [0.1, 0.15) is 67.8 Å². The number of aryl methyl sites for hydroxylation is 1. The van der Waals surface area contributed by atoms with Gasteiger partial charge in [-0.15, -0.1) is 0 Å². The third-order valence-corrected chi connectivity index (χ3v) is 3.68. The number of hydrogen-bond donors (Lipinski definition) is 0. The summed E-state index contributed by atoms with van der Waals surface area (Å²) < 4.78 is 0. The topological polar surface area (TPSA) is 81.2 Å². The van der Waals surface area contributed by atoms with Crippen LogP contribution in [0.15, 0.2) is 36.7 Å². The molecule has 5 nitrogen and oxygen atoms in total. The first-order valence-electron chi connectivity index (χ1n) is 7.79. The second-order valence-electron chi connectivity index (χ2n) is 4.87. The molecule has 2 rings (SSSR count). The highest BCUT2D eigenvalue weighted by Gasteiger charge is 2.08. The summed E-state index contributed by atoms with van der Waals surface area (Å²) in [6, 6.07) is 5.91. The number of benzene rings is 1. The summed E-state index contributed by atoms with van der Waals surface area (Å²) in [7, 11) is 0. The average Bonchev–Trinajstić information content (AvgIpc) is 2.63. The highest BCUT2D eigenvalue weighted by Crippen LogP contribution is 2.14. The molecule has 0 amide bonds. The molecule has 0 spiro atoms. The molecular weight excluding hydrogens is 413 g/mol. The first-order valence-corrected chi connectivity index (χ1v) is 8.93. The van der Waals surface area contributed by atoms with Gasteiger partial charge in [0.1, 0.15) is 0 Å². The number of nitrogens with zero attached hydrogens (tertiary/aromatic N) is 1. The minimum Gasteiger partial charge on any atom is -0.294 e. The van der Waals surface area contributed by atoms with E-state index in [0.717, 1.165) is 0 Å². The van der Waals surface area contributed by atoms with Crippen LogP contribution in [0.2, 0.25) is 0 Å². The van der Waals surface area contributed by atoms with E-state index in [1.165, 1.54) is 43.6 Å². The highest BCUT2D eigenvalue weighted by atomic mass is 35.5. The van der Waals surface area contributed by atoms with Crippen molar-refractivity contribution >= 4 is 56.3 Å². The molecule has 0 radical (unpaired) electrons. The number of halogens is 3. The van der Waals surface area contributed by atoms with Crippen molar-refractivity contribution < 1.29 is 19.2 Å². The van der Waals surface area contributed by atoms with E-state index in [1.54, 1.807) is 6.92 Å². The Balaban J connectivity index is 0.000000460. The summed E-state index contributed by atoms with van der Waals surface area (Å²) in [5, 5.41) is -1.69. The zero-order valence-corrected chi connectivity index (χ0v) is 17.4. The van der Waals surface area contributed by atoms with Crippen molar-refractivity contribution in [2.75, 3.05) is 0 Å². The molecular formula is C19H18Cl3NO4. The van der Waals surface area contributed by atoms with Crippen molar-refractivity contribution in [3.05, 3.63) is 64.5 Å². The van der Waals surface area contributed by atoms with E-state index in [4.69, 9.17) is 34.8 Å². The first-order chi connectivity index (χ1) is 12.6.